The predicted molar refractivity (Wildman–Crippen MR) is 136 cm³/mol. The van der Waals surface area contributed by atoms with Crippen LogP contribution < -0.4 is 10.1 Å². The third kappa shape index (κ3) is 4.28. The quantitative estimate of drug-likeness (QED) is 0.618. The van der Waals surface area contributed by atoms with E-state index < -0.39 is 27.0 Å². The van der Waals surface area contributed by atoms with Crippen molar-refractivity contribution in [1.82, 2.24) is 9.80 Å². The molecule has 11 heteroatoms. The number of hydrogen-bond donors (Lipinski definition) is 1. The van der Waals surface area contributed by atoms with Crippen LogP contribution in [-0.2, 0) is 20.0 Å². The van der Waals surface area contributed by atoms with Gasteiger partial charge in [0.1, 0.15) is 18.2 Å². The maximum Gasteiger partial charge on any atom is 0.256 e. The molecule has 0 radical (unpaired) electrons. The lowest BCUT2D eigenvalue weighted by Crippen LogP contribution is -2.69. The molecule has 8 nitrogen and oxygen atoms in total. The molecule has 0 aromatic heterocycles. The Morgan fingerprint density at radius 3 is 2.51 bits per heavy atom. The van der Waals surface area contributed by atoms with E-state index in [2.05, 4.69) is 10.2 Å². The predicted octanol–water partition coefficient (Wildman–Crippen LogP) is 2.71. The second-order valence-electron chi connectivity index (χ2n) is 10.8. The van der Waals surface area contributed by atoms with Gasteiger partial charge in [-0.15, -0.1) is 0 Å². The Kier molecular flexibility index (Phi) is 5.78. The van der Waals surface area contributed by atoms with Crippen LogP contribution in [0, 0.1) is 11.2 Å². The van der Waals surface area contributed by atoms with Crippen LogP contribution in [0.15, 0.2) is 36.4 Å². The molecule has 2 spiro atoms. The zero-order valence-electron chi connectivity index (χ0n) is 20.1. The fraction of sp³-hybridized carbons (Fsp3) is 0.462. The molecule has 4 heterocycles. The number of ether oxygens (including phenoxy) is 1. The van der Waals surface area contributed by atoms with Gasteiger partial charge in [0.15, 0.2) is 9.84 Å². The summed E-state index contributed by atoms with van der Waals surface area (Å²) in [6.45, 7) is 3.12. The first-order chi connectivity index (χ1) is 17.6. The fourth-order valence-corrected chi connectivity index (χ4v) is 8.56. The number of nitrogens with zero attached hydrogens (tertiary/aromatic N) is 2. The number of anilines is 1. The highest BCUT2D eigenvalue weighted by Crippen LogP contribution is 2.46. The van der Waals surface area contributed by atoms with Gasteiger partial charge in [0.2, 0.25) is 5.91 Å². The van der Waals surface area contributed by atoms with E-state index in [4.69, 9.17) is 16.3 Å². The SMILES string of the molecule is O=C(c1ccc(OCCN2CCC3(CC2)C(=O)Nc2ccc(Cl)cc23)cc1F)N1CC2(C1)CS(=O)(=O)C2. The molecule has 0 unspecified atom stereocenters. The van der Waals surface area contributed by atoms with Crippen LogP contribution in [0.1, 0.15) is 28.8 Å². The van der Waals surface area contributed by atoms with Crippen molar-refractivity contribution in [2.45, 2.75) is 18.3 Å². The first-order valence-corrected chi connectivity index (χ1v) is 14.5. The maximum absolute atomic E-state index is 14.7. The summed E-state index contributed by atoms with van der Waals surface area (Å²) in [4.78, 5) is 29.1. The van der Waals surface area contributed by atoms with Gasteiger partial charge in [0.25, 0.3) is 5.91 Å². The van der Waals surface area contributed by atoms with Crippen LogP contribution in [-0.4, -0.2) is 80.9 Å². The molecular formula is C26H27ClFN3O5S. The second-order valence-corrected chi connectivity index (χ2v) is 13.3. The van der Waals surface area contributed by atoms with Crippen molar-refractivity contribution in [3.8, 4) is 5.75 Å². The van der Waals surface area contributed by atoms with Gasteiger partial charge in [-0.1, -0.05) is 11.6 Å². The average Bonchev–Trinajstić information content (AvgIpc) is 3.07. The van der Waals surface area contributed by atoms with Gasteiger partial charge in [0, 0.05) is 41.8 Å². The molecule has 4 aliphatic rings. The number of fused-ring (bicyclic) bond motifs is 2. The number of halogens is 2. The molecule has 0 aliphatic carbocycles. The van der Waals surface area contributed by atoms with E-state index in [9.17, 15) is 22.4 Å². The minimum atomic E-state index is -2.97. The summed E-state index contributed by atoms with van der Waals surface area (Å²) in [6.07, 6.45) is 1.36. The first kappa shape index (κ1) is 24.6. The van der Waals surface area contributed by atoms with Crippen LogP contribution >= 0.6 is 11.6 Å². The Morgan fingerprint density at radius 2 is 1.84 bits per heavy atom. The van der Waals surface area contributed by atoms with Crippen molar-refractivity contribution in [2.24, 2.45) is 5.41 Å². The first-order valence-electron chi connectivity index (χ1n) is 12.3. The van der Waals surface area contributed by atoms with E-state index >= 15 is 0 Å². The van der Waals surface area contributed by atoms with E-state index in [0.717, 1.165) is 24.3 Å². The molecule has 6 rings (SSSR count). The Balaban J connectivity index is 0.996. The number of hydrogen-bond acceptors (Lipinski definition) is 6. The summed E-state index contributed by atoms with van der Waals surface area (Å²) in [6, 6.07) is 9.72. The Hall–Kier alpha value is -2.69. The molecular weight excluding hydrogens is 521 g/mol. The van der Waals surface area contributed by atoms with E-state index in [1.54, 1.807) is 12.1 Å². The lowest BCUT2D eigenvalue weighted by Gasteiger charge is -2.54. The summed E-state index contributed by atoms with van der Waals surface area (Å²) in [5.41, 5.74) is 0.879. The normalized spacial score (nSPS) is 22.8. The highest BCUT2D eigenvalue weighted by atomic mass is 35.5. The van der Waals surface area contributed by atoms with Gasteiger partial charge >= 0.3 is 0 Å². The van der Waals surface area contributed by atoms with Gasteiger partial charge in [-0.05, 0) is 61.8 Å². The van der Waals surface area contributed by atoms with Crippen LogP contribution in [0.3, 0.4) is 0 Å². The minimum absolute atomic E-state index is 0.0249. The monoisotopic (exact) mass is 547 g/mol. The van der Waals surface area contributed by atoms with Crippen molar-refractivity contribution < 1.29 is 27.1 Å². The van der Waals surface area contributed by atoms with Crippen LogP contribution in [0.25, 0.3) is 0 Å². The number of piperidine rings is 1. The zero-order chi connectivity index (χ0) is 26.0. The van der Waals surface area contributed by atoms with E-state index in [-0.39, 0.29) is 28.4 Å². The largest absolute Gasteiger partial charge is 0.492 e. The van der Waals surface area contributed by atoms with Gasteiger partial charge in [-0.2, -0.15) is 0 Å². The molecule has 2 aromatic carbocycles. The lowest BCUT2D eigenvalue weighted by molar-refractivity contribution is -0.122. The van der Waals surface area contributed by atoms with Crippen molar-refractivity contribution in [3.05, 3.63) is 58.4 Å². The topological polar surface area (TPSA) is 96.0 Å². The van der Waals surface area contributed by atoms with Crippen LogP contribution in [0.2, 0.25) is 5.02 Å². The van der Waals surface area contributed by atoms with Gasteiger partial charge in [-0.25, -0.2) is 12.8 Å². The minimum Gasteiger partial charge on any atom is -0.492 e. The van der Waals surface area contributed by atoms with Crippen molar-refractivity contribution in [2.75, 3.05) is 56.2 Å². The molecule has 2 aromatic rings. The van der Waals surface area contributed by atoms with Crippen LogP contribution in [0.4, 0.5) is 10.1 Å². The molecule has 4 aliphatic heterocycles. The molecule has 2 amide bonds. The highest BCUT2D eigenvalue weighted by molar-refractivity contribution is 7.92. The number of nitrogens with one attached hydrogen (secondary N) is 1. The van der Waals surface area contributed by atoms with Gasteiger partial charge < -0.3 is 15.0 Å². The Bertz CT molecular complexity index is 1390. The number of carbonyl (C=O) groups is 2. The molecule has 0 atom stereocenters. The summed E-state index contributed by atoms with van der Waals surface area (Å²) >= 11 is 6.19. The second kappa shape index (κ2) is 8.68. The van der Waals surface area contributed by atoms with E-state index in [1.165, 1.54) is 17.0 Å². The van der Waals surface area contributed by atoms with Crippen LogP contribution in [0.5, 0.6) is 5.75 Å². The third-order valence-corrected chi connectivity index (χ3v) is 10.5. The number of rotatable bonds is 5. The highest BCUT2D eigenvalue weighted by Gasteiger charge is 2.57. The Labute approximate surface area is 219 Å². The molecule has 0 saturated carbocycles. The maximum atomic E-state index is 14.7. The lowest BCUT2D eigenvalue weighted by atomic mass is 9.73. The summed E-state index contributed by atoms with van der Waals surface area (Å²) in [5.74, 6) is -0.518. The van der Waals surface area contributed by atoms with Crippen molar-refractivity contribution in [3.63, 3.8) is 0 Å². The number of benzene rings is 2. The molecule has 1 N–H and O–H groups in total. The number of likely N-dealkylation sites (tertiary alicyclic amines) is 2. The standard InChI is InChI=1S/C26H27ClFN3O5S/c27-17-1-4-22-20(11-17)26(24(33)29-22)5-7-30(8-6-26)9-10-36-18-2-3-19(21(28)12-18)23(32)31-13-25(14-31)15-37(34,35)16-25/h1-4,11-12H,5-10,13-16H2,(H,29,33). The molecule has 3 saturated heterocycles. The molecule has 196 valence electrons. The summed E-state index contributed by atoms with van der Waals surface area (Å²) in [5, 5.41) is 3.60. The summed E-state index contributed by atoms with van der Waals surface area (Å²) < 4.78 is 43.3. The molecule has 3 fully saturated rings. The molecule has 37 heavy (non-hydrogen) atoms. The average molecular weight is 548 g/mol. The number of sulfone groups is 1. The Morgan fingerprint density at radius 1 is 1.11 bits per heavy atom. The van der Waals surface area contributed by atoms with E-state index in [0.29, 0.717) is 49.9 Å². The molecule has 0 bridgehead atoms. The number of amides is 2. The third-order valence-electron chi connectivity index (χ3n) is 8.13. The van der Waals surface area contributed by atoms with Gasteiger partial charge in [-0.3, -0.25) is 14.5 Å². The van der Waals surface area contributed by atoms with E-state index in [1.807, 2.05) is 12.1 Å². The van der Waals surface area contributed by atoms with Crippen molar-refractivity contribution in [1.29, 1.82) is 0 Å². The zero-order valence-corrected chi connectivity index (χ0v) is 21.7. The van der Waals surface area contributed by atoms with Gasteiger partial charge in [0.05, 0.1) is 22.5 Å². The summed E-state index contributed by atoms with van der Waals surface area (Å²) in [7, 11) is -2.97. The smallest absolute Gasteiger partial charge is 0.256 e. The fourth-order valence-electron chi connectivity index (χ4n) is 6.24. The van der Waals surface area contributed by atoms with Crippen molar-refractivity contribution >= 4 is 38.9 Å². The number of carbonyl (C=O) groups excluding carboxylic acids is 2.